The first-order valence-electron chi connectivity index (χ1n) is 8.34. The molecule has 126 valence electrons. The fourth-order valence-corrected chi connectivity index (χ4v) is 2.75. The van der Waals surface area contributed by atoms with Gasteiger partial charge in [-0.2, -0.15) is 0 Å². The van der Waals surface area contributed by atoms with Crippen molar-refractivity contribution in [1.29, 1.82) is 0 Å². The first-order chi connectivity index (χ1) is 11.0. The highest BCUT2D eigenvalue weighted by atomic mass is 16.2. The van der Waals surface area contributed by atoms with E-state index in [1.54, 1.807) is 4.90 Å². The molecule has 1 aliphatic rings. The Morgan fingerprint density at radius 3 is 2.61 bits per heavy atom. The number of nitrogens with one attached hydrogen (secondary N) is 2. The number of rotatable bonds is 4. The molecular weight excluding hydrogens is 290 g/mol. The van der Waals surface area contributed by atoms with E-state index in [1.165, 1.54) is 5.56 Å². The number of aryl methyl sites for hydroxylation is 1. The van der Waals surface area contributed by atoms with E-state index >= 15 is 0 Å². The van der Waals surface area contributed by atoms with Crippen LogP contribution in [-0.2, 0) is 11.3 Å². The topological polar surface area (TPSA) is 61.4 Å². The predicted molar refractivity (Wildman–Crippen MR) is 91.0 cm³/mol. The molecule has 0 saturated carbocycles. The van der Waals surface area contributed by atoms with Crippen LogP contribution in [0.5, 0.6) is 0 Å². The summed E-state index contributed by atoms with van der Waals surface area (Å²) in [5.74, 6) is -0.0836. The molecule has 1 aliphatic heterocycles. The number of carbonyl (C=O) groups is 2. The van der Waals surface area contributed by atoms with E-state index in [-0.39, 0.29) is 23.9 Å². The van der Waals surface area contributed by atoms with Gasteiger partial charge in [0.05, 0.1) is 5.92 Å². The summed E-state index contributed by atoms with van der Waals surface area (Å²) in [4.78, 5) is 26.2. The maximum absolute atomic E-state index is 12.4. The van der Waals surface area contributed by atoms with Gasteiger partial charge in [0, 0.05) is 25.7 Å². The first-order valence-corrected chi connectivity index (χ1v) is 8.34. The van der Waals surface area contributed by atoms with E-state index in [1.807, 2.05) is 45.0 Å². The van der Waals surface area contributed by atoms with E-state index in [4.69, 9.17) is 0 Å². The van der Waals surface area contributed by atoms with Gasteiger partial charge in [0.15, 0.2) is 0 Å². The standard InChI is InChI=1S/C18H27N3O2/c1-13(2)20-18(23)21-10-4-5-16(12-21)17(22)19-11-15-8-6-14(3)7-9-15/h6-9,13,16H,4-5,10-12H2,1-3H3,(H,19,22)(H,20,23)/t16-/m0/s1. The summed E-state index contributed by atoms with van der Waals surface area (Å²) in [6.45, 7) is 7.68. The number of benzene rings is 1. The Hall–Kier alpha value is -2.04. The number of amides is 3. The monoisotopic (exact) mass is 317 g/mol. The third-order valence-corrected chi connectivity index (χ3v) is 4.08. The molecule has 1 heterocycles. The summed E-state index contributed by atoms with van der Waals surface area (Å²) in [6, 6.07) is 8.17. The van der Waals surface area contributed by atoms with Crippen molar-refractivity contribution in [2.75, 3.05) is 13.1 Å². The lowest BCUT2D eigenvalue weighted by Crippen LogP contribution is -2.50. The lowest BCUT2D eigenvalue weighted by molar-refractivity contribution is -0.126. The molecule has 5 nitrogen and oxygen atoms in total. The van der Waals surface area contributed by atoms with Gasteiger partial charge in [-0.05, 0) is 39.2 Å². The van der Waals surface area contributed by atoms with Crippen molar-refractivity contribution in [3.05, 3.63) is 35.4 Å². The second kappa shape index (κ2) is 7.99. The first kappa shape index (κ1) is 17.3. The highest BCUT2D eigenvalue weighted by molar-refractivity contribution is 5.80. The largest absolute Gasteiger partial charge is 0.352 e. The van der Waals surface area contributed by atoms with E-state index in [0.29, 0.717) is 13.1 Å². The molecule has 1 saturated heterocycles. The Morgan fingerprint density at radius 1 is 1.26 bits per heavy atom. The molecule has 1 atom stereocenters. The van der Waals surface area contributed by atoms with Gasteiger partial charge >= 0.3 is 6.03 Å². The summed E-state index contributed by atoms with van der Waals surface area (Å²) < 4.78 is 0. The molecule has 2 N–H and O–H groups in total. The molecule has 23 heavy (non-hydrogen) atoms. The number of nitrogens with zero attached hydrogens (tertiary/aromatic N) is 1. The Bertz CT molecular complexity index is 540. The van der Waals surface area contributed by atoms with Crippen LogP contribution in [0.4, 0.5) is 4.79 Å². The van der Waals surface area contributed by atoms with E-state index in [0.717, 1.165) is 24.9 Å². The smallest absolute Gasteiger partial charge is 0.317 e. The van der Waals surface area contributed by atoms with Gasteiger partial charge in [-0.3, -0.25) is 4.79 Å². The van der Waals surface area contributed by atoms with Gasteiger partial charge in [0.25, 0.3) is 0 Å². The highest BCUT2D eigenvalue weighted by Gasteiger charge is 2.28. The molecule has 2 rings (SSSR count). The van der Waals surface area contributed by atoms with Crippen LogP contribution in [-0.4, -0.2) is 36.0 Å². The molecule has 0 unspecified atom stereocenters. The molecule has 1 aromatic carbocycles. The molecule has 0 spiro atoms. The Balaban J connectivity index is 1.84. The summed E-state index contributed by atoms with van der Waals surface area (Å²) >= 11 is 0. The number of piperidine rings is 1. The zero-order valence-electron chi connectivity index (χ0n) is 14.3. The van der Waals surface area contributed by atoms with Gasteiger partial charge in [0.1, 0.15) is 0 Å². The third-order valence-electron chi connectivity index (χ3n) is 4.08. The normalized spacial score (nSPS) is 17.9. The van der Waals surface area contributed by atoms with Gasteiger partial charge in [-0.15, -0.1) is 0 Å². The van der Waals surface area contributed by atoms with E-state index < -0.39 is 0 Å². The van der Waals surface area contributed by atoms with Crippen LogP contribution < -0.4 is 10.6 Å². The Labute approximate surface area is 138 Å². The third kappa shape index (κ3) is 5.27. The number of likely N-dealkylation sites (tertiary alicyclic amines) is 1. The fourth-order valence-electron chi connectivity index (χ4n) is 2.75. The van der Waals surface area contributed by atoms with Gasteiger partial charge in [-0.25, -0.2) is 4.79 Å². The number of urea groups is 1. The minimum atomic E-state index is -0.118. The van der Waals surface area contributed by atoms with E-state index in [2.05, 4.69) is 10.6 Å². The Morgan fingerprint density at radius 2 is 1.96 bits per heavy atom. The zero-order chi connectivity index (χ0) is 16.8. The second-order valence-electron chi connectivity index (χ2n) is 6.59. The minimum Gasteiger partial charge on any atom is -0.352 e. The van der Waals surface area contributed by atoms with Gasteiger partial charge < -0.3 is 15.5 Å². The minimum absolute atomic E-state index is 0.0348. The van der Waals surface area contributed by atoms with Crippen LogP contribution in [0.2, 0.25) is 0 Å². The van der Waals surface area contributed by atoms with Crippen molar-refractivity contribution in [2.45, 2.75) is 46.2 Å². The molecule has 1 aromatic rings. The molecule has 0 aromatic heterocycles. The maximum Gasteiger partial charge on any atom is 0.317 e. The van der Waals surface area contributed by atoms with Crippen LogP contribution in [0.25, 0.3) is 0 Å². The molecule has 3 amide bonds. The second-order valence-corrected chi connectivity index (χ2v) is 6.59. The molecule has 1 fully saturated rings. The highest BCUT2D eigenvalue weighted by Crippen LogP contribution is 2.17. The maximum atomic E-state index is 12.4. The van der Waals surface area contributed by atoms with Crippen LogP contribution in [0.1, 0.15) is 37.8 Å². The average molecular weight is 317 g/mol. The number of hydrogen-bond acceptors (Lipinski definition) is 2. The molecule has 0 aliphatic carbocycles. The van der Waals surface area contributed by atoms with Crippen LogP contribution >= 0.6 is 0 Å². The van der Waals surface area contributed by atoms with Crippen molar-refractivity contribution >= 4 is 11.9 Å². The summed E-state index contributed by atoms with van der Waals surface area (Å²) in [7, 11) is 0. The van der Waals surface area contributed by atoms with Crippen LogP contribution in [0.3, 0.4) is 0 Å². The average Bonchev–Trinajstić information content (AvgIpc) is 2.53. The lowest BCUT2D eigenvalue weighted by Gasteiger charge is -2.32. The van der Waals surface area contributed by atoms with Gasteiger partial charge in [-0.1, -0.05) is 29.8 Å². The van der Waals surface area contributed by atoms with Crippen molar-refractivity contribution in [2.24, 2.45) is 5.92 Å². The van der Waals surface area contributed by atoms with Crippen molar-refractivity contribution < 1.29 is 9.59 Å². The van der Waals surface area contributed by atoms with Crippen molar-refractivity contribution in [3.63, 3.8) is 0 Å². The SMILES string of the molecule is Cc1ccc(CNC(=O)[C@H]2CCCN(C(=O)NC(C)C)C2)cc1. The van der Waals surface area contributed by atoms with Crippen molar-refractivity contribution in [3.8, 4) is 0 Å². The molecule has 0 radical (unpaired) electrons. The summed E-state index contributed by atoms with van der Waals surface area (Å²) in [6.07, 6.45) is 1.71. The van der Waals surface area contributed by atoms with E-state index in [9.17, 15) is 9.59 Å². The predicted octanol–water partition coefficient (Wildman–Crippen LogP) is 2.44. The molecule has 5 heteroatoms. The van der Waals surface area contributed by atoms with Crippen LogP contribution in [0, 0.1) is 12.8 Å². The fraction of sp³-hybridized carbons (Fsp3) is 0.556. The van der Waals surface area contributed by atoms with Gasteiger partial charge in [0.2, 0.25) is 5.91 Å². The quantitative estimate of drug-likeness (QED) is 0.896. The number of carbonyl (C=O) groups excluding carboxylic acids is 2. The summed E-state index contributed by atoms with van der Waals surface area (Å²) in [5, 5.41) is 5.88. The molecular formula is C18H27N3O2. The zero-order valence-corrected chi connectivity index (χ0v) is 14.3. The summed E-state index contributed by atoms with van der Waals surface area (Å²) in [5.41, 5.74) is 2.30. The lowest BCUT2D eigenvalue weighted by atomic mass is 9.97. The van der Waals surface area contributed by atoms with Crippen molar-refractivity contribution in [1.82, 2.24) is 15.5 Å². The van der Waals surface area contributed by atoms with Crippen LogP contribution in [0.15, 0.2) is 24.3 Å². The Kier molecular flexibility index (Phi) is 6.02. The molecule has 0 bridgehead atoms. The number of hydrogen-bond donors (Lipinski definition) is 2.